The van der Waals surface area contributed by atoms with Gasteiger partial charge >= 0.3 is 0 Å². The Bertz CT molecular complexity index is 765. The number of nitrogens with zero attached hydrogens (tertiary/aromatic N) is 2. The van der Waals surface area contributed by atoms with Crippen LogP contribution in [0.25, 0.3) is 0 Å². The third-order valence-electron chi connectivity index (χ3n) is 4.56. The van der Waals surface area contributed by atoms with Crippen LogP contribution in [0.3, 0.4) is 0 Å². The zero-order valence-electron chi connectivity index (χ0n) is 15.7. The summed E-state index contributed by atoms with van der Waals surface area (Å²) in [5.41, 5.74) is 0.340. The Morgan fingerprint density at radius 3 is 2.70 bits per heavy atom. The van der Waals surface area contributed by atoms with Crippen LogP contribution < -0.4 is 10.2 Å². The van der Waals surface area contributed by atoms with Crippen molar-refractivity contribution in [2.45, 2.75) is 38.8 Å². The van der Waals surface area contributed by atoms with E-state index in [1.807, 2.05) is 26.8 Å². The normalized spacial score (nSPS) is 23.0. The molecule has 2 heterocycles. The molecule has 3 rings (SSSR count). The van der Waals surface area contributed by atoms with Crippen molar-refractivity contribution in [2.75, 3.05) is 23.1 Å². The highest BCUT2D eigenvalue weighted by atomic mass is 35.5. The van der Waals surface area contributed by atoms with Crippen LogP contribution in [-0.2, 0) is 14.4 Å². The summed E-state index contributed by atoms with van der Waals surface area (Å²) in [5.74, 6) is 0.233. The third-order valence-corrected chi connectivity index (χ3v) is 5.81. The molecule has 0 saturated carbocycles. The monoisotopic (exact) mass is 409 g/mol. The van der Waals surface area contributed by atoms with E-state index in [0.29, 0.717) is 28.9 Å². The molecule has 2 atom stereocenters. The molecule has 1 aromatic carbocycles. The minimum absolute atomic E-state index is 0.0989. The Morgan fingerprint density at radius 2 is 2.04 bits per heavy atom. The van der Waals surface area contributed by atoms with Gasteiger partial charge in [-0.3, -0.25) is 14.4 Å². The van der Waals surface area contributed by atoms with Crippen LogP contribution in [0.15, 0.2) is 24.3 Å². The number of hydrogen-bond acceptors (Lipinski definition) is 4. The number of carbonyl (C=O) groups excluding carboxylic acids is 3. The van der Waals surface area contributed by atoms with Gasteiger partial charge < -0.3 is 15.1 Å². The molecule has 0 bridgehead atoms. The number of hydrogen-bond donors (Lipinski definition) is 1. The lowest BCUT2D eigenvalue weighted by Gasteiger charge is -2.29. The lowest BCUT2D eigenvalue weighted by molar-refractivity contribution is -0.141. The minimum Gasteiger partial charge on any atom is -0.350 e. The van der Waals surface area contributed by atoms with Crippen LogP contribution in [0.2, 0.25) is 5.02 Å². The summed E-state index contributed by atoms with van der Waals surface area (Å²) < 4.78 is 0. The van der Waals surface area contributed by atoms with E-state index in [0.717, 1.165) is 0 Å². The second-order valence-corrected chi connectivity index (χ2v) is 9.38. The van der Waals surface area contributed by atoms with E-state index in [9.17, 15) is 14.4 Å². The van der Waals surface area contributed by atoms with E-state index in [4.69, 9.17) is 11.6 Å². The molecule has 2 fully saturated rings. The zero-order valence-corrected chi connectivity index (χ0v) is 17.3. The highest BCUT2D eigenvalue weighted by Gasteiger charge is 2.42. The largest absolute Gasteiger partial charge is 0.350 e. The molecule has 0 radical (unpaired) electrons. The van der Waals surface area contributed by atoms with Gasteiger partial charge in [-0.15, -0.1) is 11.8 Å². The van der Waals surface area contributed by atoms with Crippen LogP contribution >= 0.6 is 23.4 Å². The summed E-state index contributed by atoms with van der Waals surface area (Å²) in [6.07, 6.45) is 0.153. The fraction of sp³-hybridized carbons (Fsp3) is 0.526. The van der Waals surface area contributed by atoms with Gasteiger partial charge in [-0.25, -0.2) is 0 Å². The van der Waals surface area contributed by atoms with Gasteiger partial charge in [0.1, 0.15) is 6.04 Å². The van der Waals surface area contributed by atoms with Gasteiger partial charge in [0.05, 0.1) is 11.8 Å². The Balaban J connectivity index is 1.70. The molecule has 0 aliphatic carbocycles. The summed E-state index contributed by atoms with van der Waals surface area (Å²) in [6, 6.07) is 6.56. The van der Waals surface area contributed by atoms with Crippen LogP contribution in [0.4, 0.5) is 5.69 Å². The van der Waals surface area contributed by atoms with Crippen molar-refractivity contribution >= 4 is 46.8 Å². The first-order valence-corrected chi connectivity index (χ1v) is 10.4. The smallest absolute Gasteiger partial charge is 0.244 e. The molecule has 146 valence electrons. The molecule has 3 amide bonds. The van der Waals surface area contributed by atoms with Gasteiger partial charge in [0, 0.05) is 35.0 Å². The predicted molar refractivity (Wildman–Crippen MR) is 108 cm³/mol. The van der Waals surface area contributed by atoms with Crippen LogP contribution in [-0.4, -0.2) is 52.4 Å². The Kier molecular flexibility index (Phi) is 5.72. The van der Waals surface area contributed by atoms with E-state index < -0.39 is 12.0 Å². The quantitative estimate of drug-likeness (QED) is 0.832. The summed E-state index contributed by atoms with van der Waals surface area (Å²) in [4.78, 5) is 41.3. The van der Waals surface area contributed by atoms with Gasteiger partial charge in [0.25, 0.3) is 0 Å². The topological polar surface area (TPSA) is 69.7 Å². The predicted octanol–water partition coefficient (Wildman–Crippen LogP) is 2.51. The Morgan fingerprint density at radius 1 is 1.30 bits per heavy atom. The van der Waals surface area contributed by atoms with Crippen molar-refractivity contribution in [3.63, 3.8) is 0 Å². The number of halogens is 1. The number of rotatable bonds is 3. The summed E-state index contributed by atoms with van der Waals surface area (Å²) in [6.45, 7) is 6.06. The molecule has 6 nitrogen and oxygen atoms in total. The maximum absolute atomic E-state index is 13.0. The molecule has 0 spiro atoms. The standard InChI is InChI=1S/C19H24ClN3O3S/c1-19(2,3)21-17(25)15-10-27-11-23(15)18(26)12-7-16(24)22(9-12)14-6-4-5-13(20)8-14/h4-6,8,12,15H,7,9-11H2,1-3H3,(H,21,25)/t12-,15-/m1/s1. The molecule has 1 N–H and O–H groups in total. The van der Waals surface area contributed by atoms with Crippen molar-refractivity contribution in [2.24, 2.45) is 5.92 Å². The fourth-order valence-electron chi connectivity index (χ4n) is 3.33. The van der Waals surface area contributed by atoms with Gasteiger partial charge in [0.2, 0.25) is 17.7 Å². The second kappa shape index (κ2) is 7.72. The number of thioether (sulfide) groups is 1. The molecule has 1 aromatic rings. The molecule has 8 heteroatoms. The molecular weight excluding hydrogens is 386 g/mol. The van der Waals surface area contributed by atoms with Crippen LogP contribution in [0, 0.1) is 5.92 Å². The van der Waals surface area contributed by atoms with Gasteiger partial charge in [-0.2, -0.15) is 0 Å². The first kappa shape index (κ1) is 20.0. The van der Waals surface area contributed by atoms with E-state index >= 15 is 0 Å². The highest BCUT2D eigenvalue weighted by molar-refractivity contribution is 7.99. The van der Waals surface area contributed by atoms with Crippen molar-refractivity contribution in [1.82, 2.24) is 10.2 Å². The average Bonchev–Trinajstić information content (AvgIpc) is 3.19. The lowest BCUT2D eigenvalue weighted by Crippen LogP contribution is -2.53. The first-order chi connectivity index (χ1) is 12.7. The number of nitrogens with one attached hydrogen (secondary N) is 1. The van der Waals surface area contributed by atoms with E-state index in [1.165, 1.54) is 0 Å². The molecule has 2 aliphatic rings. The molecule has 2 aliphatic heterocycles. The first-order valence-electron chi connectivity index (χ1n) is 8.92. The Hall–Kier alpha value is -1.73. The average molecular weight is 410 g/mol. The van der Waals surface area contributed by atoms with Crippen molar-refractivity contribution in [1.29, 1.82) is 0 Å². The fourth-order valence-corrected chi connectivity index (χ4v) is 4.68. The van der Waals surface area contributed by atoms with Crippen LogP contribution in [0.5, 0.6) is 0 Å². The summed E-state index contributed by atoms with van der Waals surface area (Å²) in [5, 5.41) is 3.49. The van der Waals surface area contributed by atoms with Gasteiger partial charge in [0.15, 0.2) is 0 Å². The summed E-state index contributed by atoms with van der Waals surface area (Å²) in [7, 11) is 0. The molecular formula is C19H24ClN3O3S. The number of carbonyl (C=O) groups is 3. The van der Waals surface area contributed by atoms with Crippen molar-refractivity contribution in [3.05, 3.63) is 29.3 Å². The summed E-state index contributed by atoms with van der Waals surface area (Å²) >= 11 is 7.58. The van der Waals surface area contributed by atoms with E-state index in [-0.39, 0.29) is 29.7 Å². The maximum Gasteiger partial charge on any atom is 0.244 e. The second-order valence-electron chi connectivity index (χ2n) is 7.95. The van der Waals surface area contributed by atoms with E-state index in [2.05, 4.69) is 5.32 Å². The maximum atomic E-state index is 13.0. The number of amides is 3. The molecule has 0 unspecified atom stereocenters. The zero-order chi connectivity index (χ0) is 19.8. The number of benzene rings is 1. The third kappa shape index (κ3) is 4.58. The Labute approximate surface area is 168 Å². The van der Waals surface area contributed by atoms with Crippen LogP contribution in [0.1, 0.15) is 27.2 Å². The number of anilines is 1. The van der Waals surface area contributed by atoms with Crippen molar-refractivity contribution in [3.8, 4) is 0 Å². The van der Waals surface area contributed by atoms with Crippen molar-refractivity contribution < 1.29 is 14.4 Å². The lowest BCUT2D eigenvalue weighted by atomic mass is 10.1. The SMILES string of the molecule is CC(C)(C)NC(=O)[C@H]1CSCN1C(=O)[C@@H]1CC(=O)N(c2cccc(Cl)c2)C1. The van der Waals surface area contributed by atoms with Gasteiger partial charge in [-0.1, -0.05) is 17.7 Å². The van der Waals surface area contributed by atoms with Gasteiger partial charge in [-0.05, 0) is 39.0 Å². The minimum atomic E-state index is -0.489. The van der Waals surface area contributed by atoms with E-state index in [1.54, 1.807) is 39.8 Å². The molecule has 0 aromatic heterocycles. The highest BCUT2D eigenvalue weighted by Crippen LogP contribution is 2.31. The molecule has 27 heavy (non-hydrogen) atoms. The molecule has 2 saturated heterocycles.